The molecule has 3 aromatic rings. The molecule has 2 amide bonds. The molecule has 0 unspecified atom stereocenters. The summed E-state index contributed by atoms with van der Waals surface area (Å²) in [5.41, 5.74) is 2.06. The normalized spacial score (nSPS) is 16.3. The Balaban J connectivity index is 1.28. The minimum absolute atomic E-state index is 0.0100. The molecule has 0 saturated carbocycles. The zero-order chi connectivity index (χ0) is 29.1. The number of likely N-dealkylation sites (tertiary alicyclic amines) is 1. The van der Waals surface area contributed by atoms with E-state index >= 15 is 0 Å². The number of nitrogens with one attached hydrogen (secondary N) is 2. The molecule has 2 aromatic carbocycles. The topological polar surface area (TPSA) is 127 Å². The number of fused-ring (bicyclic) bond motifs is 2. The summed E-state index contributed by atoms with van der Waals surface area (Å²) in [4.78, 5) is 46.4. The highest BCUT2D eigenvalue weighted by molar-refractivity contribution is 6.40. The van der Waals surface area contributed by atoms with Gasteiger partial charge in [-0.25, -0.2) is 4.79 Å². The largest absolute Gasteiger partial charge is 0.480 e. The van der Waals surface area contributed by atoms with Crippen molar-refractivity contribution in [3.63, 3.8) is 0 Å². The van der Waals surface area contributed by atoms with Gasteiger partial charge >= 0.3 is 5.97 Å². The van der Waals surface area contributed by atoms with Crippen molar-refractivity contribution < 1.29 is 23.9 Å². The van der Waals surface area contributed by atoms with E-state index in [0.717, 1.165) is 37.7 Å². The summed E-state index contributed by atoms with van der Waals surface area (Å²) < 4.78 is 5.74. The Kier molecular flexibility index (Phi) is 8.70. The lowest BCUT2D eigenvalue weighted by atomic mass is 9.96. The maximum Gasteiger partial charge on any atom is 0.328 e. The molecule has 216 valence electrons. The second kappa shape index (κ2) is 12.4. The summed E-state index contributed by atoms with van der Waals surface area (Å²) in [7, 11) is 1.64. The Morgan fingerprint density at radius 3 is 2.54 bits per heavy atom. The number of aliphatic imine (C=N–C) groups is 1. The van der Waals surface area contributed by atoms with Gasteiger partial charge in [-0.05, 0) is 55.0 Å². The minimum Gasteiger partial charge on any atom is -0.480 e. The van der Waals surface area contributed by atoms with Gasteiger partial charge < -0.3 is 30.0 Å². The molecule has 10 nitrogen and oxygen atoms in total. The maximum atomic E-state index is 13.3. The van der Waals surface area contributed by atoms with E-state index < -0.39 is 17.9 Å². The van der Waals surface area contributed by atoms with Crippen LogP contribution in [0.25, 0.3) is 11.0 Å². The smallest absolute Gasteiger partial charge is 0.328 e. The van der Waals surface area contributed by atoms with Crippen molar-refractivity contribution in [2.75, 3.05) is 33.2 Å². The van der Waals surface area contributed by atoms with E-state index in [1.807, 2.05) is 18.2 Å². The van der Waals surface area contributed by atoms with E-state index in [1.165, 1.54) is 0 Å². The Hall–Kier alpha value is -3.76. The molecule has 0 spiro atoms. The average molecular weight is 601 g/mol. The first-order chi connectivity index (χ1) is 19.8. The van der Waals surface area contributed by atoms with Gasteiger partial charge in [-0.15, -0.1) is 0 Å². The molecule has 12 heteroatoms. The van der Waals surface area contributed by atoms with E-state index in [-0.39, 0.29) is 40.4 Å². The van der Waals surface area contributed by atoms with Crippen molar-refractivity contribution in [1.82, 2.24) is 20.4 Å². The number of nitrogens with zero attached hydrogens (tertiary/aromatic N) is 3. The molecular formula is C29H31Cl2N5O5. The lowest BCUT2D eigenvalue weighted by molar-refractivity contribution is -0.139. The molecule has 1 saturated heterocycles. The number of halogens is 2. The standard InChI is InChI=1S/C29H31Cl2N5O5/c1-32-29(35-10-5-2-6-11-35)33-15-21(28(39)40)34-26(37)24-20(30)13-18-16-36(12-9-19(18)25(24)31)27(38)23-14-17-7-3-4-8-22(17)41-23/h3-4,7-8,13-14,21H,2,5-6,9-12,15-16H2,1H3,(H,32,33)(H,34,37)(H,39,40)/t21-/m0/s1. The van der Waals surface area contributed by atoms with Gasteiger partial charge in [0.25, 0.3) is 11.8 Å². The van der Waals surface area contributed by atoms with Gasteiger partial charge in [0.15, 0.2) is 11.7 Å². The van der Waals surface area contributed by atoms with Crippen LogP contribution in [0.5, 0.6) is 0 Å². The van der Waals surface area contributed by atoms with Crippen LogP contribution in [-0.2, 0) is 17.8 Å². The van der Waals surface area contributed by atoms with Gasteiger partial charge in [-0.3, -0.25) is 14.6 Å². The number of guanidine groups is 1. The fourth-order valence-corrected chi connectivity index (χ4v) is 6.10. The van der Waals surface area contributed by atoms with E-state index in [2.05, 4.69) is 20.5 Å². The molecule has 0 radical (unpaired) electrons. The van der Waals surface area contributed by atoms with Crippen LogP contribution in [-0.4, -0.2) is 77.9 Å². The highest BCUT2D eigenvalue weighted by atomic mass is 35.5. The predicted octanol–water partition coefficient (Wildman–Crippen LogP) is 4.18. The average Bonchev–Trinajstić information content (AvgIpc) is 3.41. The SMILES string of the molecule is CN=C(NC[C@H](NC(=O)c1c(Cl)cc2c(c1Cl)CCN(C(=O)c1cc3ccccc3o1)C2)C(=O)O)N1CCCCC1. The van der Waals surface area contributed by atoms with Crippen LogP contribution in [0.3, 0.4) is 0 Å². The second-order valence-corrected chi connectivity index (χ2v) is 10.9. The fraction of sp³-hybridized carbons (Fsp3) is 0.379. The van der Waals surface area contributed by atoms with Crippen LogP contribution in [0.2, 0.25) is 10.0 Å². The van der Waals surface area contributed by atoms with Crippen molar-refractivity contribution in [3.8, 4) is 0 Å². The van der Waals surface area contributed by atoms with Gasteiger partial charge in [0.2, 0.25) is 0 Å². The van der Waals surface area contributed by atoms with Crippen LogP contribution in [0.4, 0.5) is 0 Å². The number of para-hydroxylation sites is 1. The van der Waals surface area contributed by atoms with Crippen LogP contribution in [0, 0.1) is 0 Å². The fourth-order valence-electron chi connectivity index (χ4n) is 5.34. The number of hydrogen-bond acceptors (Lipinski definition) is 5. The van der Waals surface area contributed by atoms with Crippen LogP contribution in [0.1, 0.15) is 51.3 Å². The van der Waals surface area contributed by atoms with Crippen LogP contribution in [0.15, 0.2) is 45.8 Å². The van der Waals surface area contributed by atoms with Gasteiger partial charge in [0, 0.05) is 45.2 Å². The van der Waals surface area contributed by atoms with E-state index in [1.54, 1.807) is 30.1 Å². The molecule has 41 heavy (non-hydrogen) atoms. The van der Waals surface area contributed by atoms with Crippen molar-refractivity contribution in [2.45, 2.75) is 38.3 Å². The summed E-state index contributed by atoms with van der Waals surface area (Å²) >= 11 is 13.2. The Bertz CT molecular complexity index is 1480. The molecule has 1 aromatic heterocycles. The first kappa shape index (κ1) is 28.8. The van der Waals surface area contributed by atoms with Crippen molar-refractivity contribution >= 4 is 57.9 Å². The molecule has 3 N–H and O–H groups in total. The maximum absolute atomic E-state index is 13.3. The highest BCUT2D eigenvalue weighted by Gasteiger charge is 2.30. The first-order valence-electron chi connectivity index (χ1n) is 13.5. The number of hydrogen-bond donors (Lipinski definition) is 3. The van der Waals surface area contributed by atoms with Gasteiger partial charge in [0.05, 0.1) is 15.6 Å². The Morgan fingerprint density at radius 2 is 1.83 bits per heavy atom. The number of furan rings is 1. The van der Waals surface area contributed by atoms with Crippen molar-refractivity contribution in [2.24, 2.45) is 4.99 Å². The number of amides is 2. The third kappa shape index (κ3) is 6.13. The summed E-state index contributed by atoms with van der Waals surface area (Å²) in [5, 5.41) is 16.5. The summed E-state index contributed by atoms with van der Waals surface area (Å²) in [6, 6.07) is 9.49. The number of aliphatic carboxylic acids is 1. The minimum atomic E-state index is -1.25. The summed E-state index contributed by atoms with van der Waals surface area (Å²) in [5.74, 6) is -1.31. The predicted molar refractivity (Wildman–Crippen MR) is 157 cm³/mol. The molecule has 2 aliphatic heterocycles. The number of carboxylic acids is 1. The quantitative estimate of drug-likeness (QED) is 0.286. The van der Waals surface area contributed by atoms with Crippen molar-refractivity contribution in [3.05, 3.63) is 68.9 Å². The van der Waals surface area contributed by atoms with Crippen LogP contribution < -0.4 is 10.6 Å². The van der Waals surface area contributed by atoms with Gasteiger partial charge in [-0.1, -0.05) is 41.4 Å². The lowest BCUT2D eigenvalue weighted by Crippen LogP contribution is -2.52. The monoisotopic (exact) mass is 599 g/mol. The zero-order valence-corrected chi connectivity index (χ0v) is 24.1. The number of benzene rings is 2. The van der Waals surface area contributed by atoms with Gasteiger partial charge in [0.1, 0.15) is 11.6 Å². The Labute approximate surface area is 247 Å². The number of rotatable bonds is 6. The first-order valence-corrected chi connectivity index (χ1v) is 14.3. The van der Waals surface area contributed by atoms with E-state index in [9.17, 15) is 19.5 Å². The van der Waals surface area contributed by atoms with E-state index in [0.29, 0.717) is 35.6 Å². The molecule has 3 heterocycles. The molecule has 0 aliphatic carbocycles. The highest BCUT2D eigenvalue weighted by Crippen LogP contribution is 2.35. The third-order valence-electron chi connectivity index (χ3n) is 7.49. The molecule has 1 atom stereocenters. The molecule has 5 rings (SSSR count). The van der Waals surface area contributed by atoms with Crippen molar-refractivity contribution in [1.29, 1.82) is 0 Å². The Morgan fingerprint density at radius 1 is 1.07 bits per heavy atom. The van der Waals surface area contributed by atoms with E-state index in [4.69, 9.17) is 27.6 Å². The zero-order valence-electron chi connectivity index (χ0n) is 22.6. The number of carbonyl (C=O) groups excluding carboxylic acids is 2. The molecule has 0 bridgehead atoms. The molecule has 2 aliphatic rings. The summed E-state index contributed by atoms with van der Waals surface area (Å²) in [6.45, 7) is 2.21. The van der Waals surface area contributed by atoms with Crippen LogP contribution >= 0.6 is 23.2 Å². The third-order valence-corrected chi connectivity index (χ3v) is 8.21. The molecular weight excluding hydrogens is 569 g/mol. The lowest BCUT2D eigenvalue weighted by Gasteiger charge is -2.31. The number of piperidine rings is 1. The molecule has 1 fully saturated rings. The number of carboxylic acid groups (broad SMARTS) is 1. The number of carbonyl (C=O) groups is 3. The summed E-state index contributed by atoms with van der Waals surface area (Å²) in [6.07, 6.45) is 3.63. The second-order valence-electron chi connectivity index (χ2n) is 10.2. The van der Waals surface area contributed by atoms with Gasteiger partial charge in [-0.2, -0.15) is 0 Å².